The lowest BCUT2D eigenvalue weighted by molar-refractivity contribution is -0.332. The molecule has 7 nitrogen and oxygen atoms in total. The number of phenols is 1. The minimum Gasteiger partial charge on any atom is -0.508 e. The van der Waals surface area contributed by atoms with Crippen molar-refractivity contribution in [2.45, 2.75) is 24.1 Å². The number of benzene rings is 2. The fourth-order valence-corrected chi connectivity index (χ4v) is 3.05. The third-order valence-electron chi connectivity index (χ3n) is 4.70. The number of hydrogen-bond acceptors (Lipinski definition) is 7. The van der Waals surface area contributed by atoms with E-state index in [9.17, 15) is 30.6 Å². The first-order valence-electron chi connectivity index (χ1n) is 7.81. The zero-order valence-corrected chi connectivity index (χ0v) is 13.2. The largest absolute Gasteiger partial charge is 0.508 e. The maximum atomic E-state index is 10.3. The number of ether oxygens (including phenoxy) is 1. The number of aromatic hydroxyl groups is 1. The fraction of sp³-hybridized carbons (Fsp3) is 0.333. The van der Waals surface area contributed by atoms with Crippen molar-refractivity contribution in [3.8, 4) is 22.6 Å². The van der Waals surface area contributed by atoms with E-state index in [4.69, 9.17) is 4.74 Å². The summed E-state index contributed by atoms with van der Waals surface area (Å²) in [5, 5.41) is 58.2. The minimum absolute atomic E-state index is 0.166. The predicted molar refractivity (Wildman–Crippen MR) is 87.7 cm³/mol. The van der Waals surface area contributed by atoms with Gasteiger partial charge in [0.1, 0.15) is 17.6 Å². The van der Waals surface area contributed by atoms with Gasteiger partial charge in [-0.1, -0.05) is 24.3 Å². The molecule has 0 heterocycles. The summed E-state index contributed by atoms with van der Waals surface area (Å²) in [6, 6.07) is 13.2. The van der Waals surface area contributed by atoms with Gasteiger partial charge in [0.2, 0.25) is 6.29 Å². The van der Waals surface area contributed by atoms with Crippen LogP contribution in [0.1, 0.15) is 0 Å². The van der Waals surface area contributed by atoms with E-state index >= 15 is 0 Å². The molecule has 1 aliphatic carbocycles. The molecule has 2 aromatic rings. The molecule has 5 unspecified atom stereocenters. The molecule has 0 spiro atoms. The normalized spacial score (nSPS) is 29.7. The van der Waals surface area contributed by atoms with Crippen molar-refractivity contribution in [3.05, 3.63) is 48.5 Å². The topological polar surface area (TPSA) is 131 Å². The SMILES string of the molecule is OCC1C(O)C(O)C1(O)C(O)Oc1ccc(-c2ccc(O)cc2)cc1. The van der Waals surface area contributed by atoms with E-state index in [1.807, 2.05) is 0 Å². The van der Waals surface area contributed by atoms with Crippen LogP contribution in [0, 0.1) is 5.92 Å². The van der Waals surface area contributed by atoms with Gasteiger partial charge in [-0.25, -0.2) is 0 Å². The lowest BCUT2D eigenvalue weighted by Gasteiger charge is -2.53. The van der Waals surface area contributed by atoms with Crippen LogP contribution in [-0.2, 0) is 0 Å². The van der Waals surface area contributed by atoms with Crippen molar-refractivity contribution in [1.82, 2.24) is 0 Å². The minimum atomic E-state index is -2.15. The molecule has 0 radical (unpaired) electrons. The number of hydrogen-bond donors (Lipinski definition) is 6. The molecule has 0 amide bonds. The quantitative estimate of drug-likeness (QED) is 0.414. The van der Waals surface area contributed by atoms with Gasteiger partial charge in [-0.3, -0.25) is 0 Å². The Hall–Kier alpha value is -2.16. The van der Waals surface area contributed by atoms with E-state index in [0.717, 1.165) is 11.1 Å². The molecule has 134 valence electrons. The van der Waals surface area contributed by atoms with Crippen molar-refractivity contribution in [1.29, 1.82) is 0 Å². The first kappa shape index (κ1) is 17.7. The van der Waals surface area contributed by atoms with Crippen LogP contribution in [0.15, 0.2) is 48.5 Å². The van der Waals surface area contributed by atoms with Crippen molar-refractivity contribution in [2.24, 2.45) is 5.92 Å². The van der Waals surface area contributed by atoms with Crippen LogP contribution in [0.5, 0.6) is 11.5 Å². The van der Waals surface area contributed by atoms with Gasteiger partial charge < -0.3 is 35.4 Å². The standard InChI is InChI=1S/C18H20O7/c19-9-14-15(21)16(22)18(14,24)17(23)25-13-7-3-11(4-8-13)10-1-5-12(20)6-2-10/h1-8,14-17,19-24H,9H2. The second kappa shape index (κ2) is 6.62. The Kier molecular flexibility index (Phi) is 4.68. The fourth-order valence-electron chi connectivity index (χ4n) is 3.05. The average Bonchev–Trinajstić information content (AvgIpc) is 2.62. The maximum Gasteiger partial charge on any atom is 0.229 e. The molecule has 0 aliphatic heterocycles. The van der Waals surface area contributed by atoms with Crippen LogP contribution >= 0.6 is 0 Å². The average molecular weight is 348 g/mol. The van der Waals surface area contributed by atoms with Gasteiger partial charge in [-0.15, -0.1) is 0 Å². The molecule has 7 heteroatoms. The zero-order chi connectivity index (χ0) is 18.2. The third-order valence-corrected chi connectivity index (χ3v) is 4.70. The monoisotopic (exact) mass is 348 g/mol. The molecule has 0 bridgehead atoms. The number of phenolic OH excluding ortho intramolecular Hbond substituents is 1. The van der Waals surface area contributed by atoms with Gasteiger partial charge in [0.15, 0.2) is 5.60 Å². The zero-order valence-electron chi connectivity index (χ0n) is 13.2. The molecule has 1 fully saturated rings. The van der Waals surface area contributed by atoms with E-state index in [2.05, 4.69) is 0 Å². The van der Waals surface area contributed by atoms with E-state index in [-0.39, 0.29) is 11.5 Å². The Bertz CT molecular complexity index is 715. The summed E-state index contributed by atoms with van der Waals surface area (Å²) in [6.07, 6.45) is -4.76. The maximum absolute atomic E-state index is 10.3. The molecule has 3 rings (SSSR count). The first-order valence-corrected chi connectivity index (χ1v) is 7.81. The van der Waals surface area contributed by atoms with Gasteiger partial charge in [-0.2, -0.15) is 0 Å². The summed E-state index contributed by atoms with van der Waals surface area (Å²) >= 11 is 0. The van der Waals surface area contributed by atoms with Gasteiger partial charge in [0.05, 0.1) is 12.7 Å². The van der Waals surface area contributed by atoms with Crippen LogP contribution < -0.4 is 4.74 Å². The van der Waals surface area contributed by atoms with Crippen molar-refractivity contribution >= 4 is 0 Å². The van der Waals surface area contributed by atoms with Gasteiger partial charge in [0, 0.05) is 5.92 Å². The van der Waals surface area contributed by atoms with E-state index in [1.54, 1.807) is 48.5 Å². The Labute approximate surface area is 144 Å². The second-order valence-electron chi connectivity index (χ2n) is 6.15. The van der Waals surface area contributed by atoms with E-state index in [0.29, 0.717) is 0 Å². The Morgan fingerprint density at radius 3 is 2.00 bits per heavy atom. The number of aliphatic hydroxyl groups is 5. The highest BCUT2D eigenvalue weighted by molar-refractivity contribution is 5.64. The number of aliphatic hydroxyl groups excluding tert-OH is 4. The Morgan fingerprint density at radius 1 is 0.960 bits per heavy atom. The molecule has 1 saturated carbocycles. The van der Waals surface area contributed by atoms with Crippen molar-refractivity contribution in [2.75, 3.05) is 6.61 Å². The van der Waals surface area contributed by atoms with Gasteiger partial charge in [0.25, 0.3) is 0 Å². The van der Waals surface area contributed by atoms with Crippen LogP contribution in [0.2, 0.25) is 0 Å². The lowest BCUT2D eigenvalue weighted by Crippen LogP contribution is -2.76. The van der Waals surface area contributed by atoms with Crippen molar-refractivity contribution < 1.29 is 35.4 Å². The summed E-state index contributed by atoms with van der Waals surface area (Å²) in [7, 11) is 0. The van der Waals surface area contributed by atoms with Gasteiger partial charge in [-0.05, 0) is 35.4 Å². The highest BCUT2D eigenvalue weighted by Gasteiger charge is 2.65. The summed E-state index contributed by atoms with van der Waals surface area (Å²) in [5.74, 6) is -0.692. The third kappa shape index (κ3) is 2.97. The van der Waals surface area contributed by atoms with Gasteiger partial charge >= 0.3 is 0 Å². The van der Waals surface area contributed by atoms with Crippen LogP contribution in [0.3, 0.4) is 0 Å². The summed E-state index contributed by atoms with van der Waals surface area (Å²) in [6.45, 7) is -0.602. The van der Waals surface area contributed by atoms with Crippen LogP contribution in [0.4, 0.5) is 0 Å². The summed E-state index contributed by atoms with van der Waals surface area (Å²) < 4.78 is 5.27. The van der Waals surface area contributed by atoms with Crippen molar-refractivity contribution in [3.63, 3.8) is 0 Å². The highest BCUT2D eigenvalue weighted by atomic mass is 16.6. The Balaban J connectivity index is 1.72. The second-order valence-corrected chi connectivity index (χ2v) is 6.15. The molecule has 1 aliphatic rings. The van der Waals surface area contributed by atoms with E-state index in [1.165, 1.54) is 0 Å². The molecule has 5 atom stereocenters. The molecular formula is C18H20O7. The summed E-state index contributed by atoms with van der Waals surface area (Å²) in [4.78, 5) is 0. The smallest absolute Gasteiger partial charge is 0.229 e. The molecule has 6 N–H and O–H groups in total. The van der Waals surface area contributed by atoms with Crippen LogP contribution in [-0.4, -0.2) is 61.3 Å². The molecule has 0 saturated heterocycles. The summed E-state index contributed by atoms with van der Waals surface area (Å²) in [5.41, 5.74) is -0.418. The predicted octanol–water partition coefficient (Wildman–Crippen LogP) is -0.169. The lowest BCUT2D eigenvalue weighted by atomic mass is 9.64. The first-order chi connectivity index (χ1) is 11.9. The highest BCUT2D eigenvalue weighted by Crippen LogP contribution is 2.42. The molecule has 2 aromatic carbocycles. The molecule has 0 aromatic heterocycles. The molecular weight excluding hydrogens is 328 g/mol. The van der Waals surface area contributed by atoms with E-state index < -0.39 is 36.6 Å². The number of rotatable bonds is 5. The Morgan fingerprint density at radius 2 is 1.48 bits per heavy atom. The van der Waals surface area contributed by atoms with Crippen LogP contribution in [0.25, 0.3) is 11.1 Å². The molecule has 25 heavy (non-hydrogen) atoms.